The van der Waals surface area contributed by atoms with Crippen LogP contribution >= 0.6 is 0 Å². The molecule has 1 aliphatic rings. The van der Waals surface area contributed by atoms with Crippen molar-refractivity contribution in [1.29, 1.82) is 0 Å². The third-order valence-corrected chi connectivity index (χ3v) is 6.26. The first-order valence-corrected chi connectivity index (χ1v) is 11.4. The predicted octanol–water partition coefficient (Wildman–Crippen LogP) is 4.84. The van der Waals surface area contributed by atoms with Crippen molar-refractivity contribution in [3.63, 3.8) is 0 Å². The second-order valence-electron chi connectivity index (χ2n) is 8.44. The first-order chi connectivity index (χ1) is 16.1. The van der Waals surface area contributed by atoms with Gasteiger partial charge < -0.3 is 24.4 Å². The third-order valence-electron chi connectivity index (χ3n) is 6.26. The molecule has 0 saturated carbocycles. The zero-order valence-corrected chi connectivity index (χ0v) is 19.9. The van der Waals surface area contributed by atoms with Gasteiger partial charge in [-0.05, 0) is 74.3 Å². The van der Waals surface area contributed by atoms with Crippen molar-refractivity contribution in [2.24, 2.45) is 0 Å². The summed E-state index contributed by atoms with van der Waals surface area (Å²) >= 11 is 0. The number of methoxy groups -OCH3 is 3. The van der Waals surface area contributed by atoms with Crippen LogP contribution in [0.25, 0.3) is 11.1 Å². The molecule has 0 radical (unpaired) electrons. The highest BCUT2D eigenvalue weighted by Crippen LogP contribution is 2.41. The zero-order chi connectivity index (χ0) is 23.2. The Morgan fingerprint density at radius 3 is 2.15 bits per heavy atom. The topological polar surface area (TPSA) is 55.9 Å². The molecule has 33 heavy (non-hydrogen) atoms. The highest BCUT2D eigenvalue weighted by atomic mass is 16.5. The summed E-state index contributed by atoms with van der Waals surface area (Å²) in [6, 6.07) is 15.5. The minimum atomic E-state index is 0.499. The van der Waals surface area contributed by atoms with Gasteiger partial charge in [0.15, 0.2) is 11.5 Å². The number of nitrogens with one attached hydrogen (secondary N) is 1. The molecular formula is C27H33N3O3. The van der Waals surface area contributed by atoms with Gasteiger partial charge in [-0.15, -0.1) is 0 Å². The number of aryl methyl sites for hydroxylation is 1. The summed E-state index contributed by atoms with van der Waals surface area (Å²) < 4.78 is 16.6. The molecule has 2 heterocycles. The average Bonchev–Trinajstić information content (AvgIpc) is 2.87. The van der Waals surface area contributed by atoms with Crippen molar-refractivity contribution in [2.75, 3.05) is 39.3 Å². The van der Waals surface area contributed by atoms with Crippen molar-refractivity contribution in [3.05, 3.63) is 66.0 Å². The smallest absolute Gasteiger partial charge is 0.203 e. The molecule has 0 aliphatic carbocycles. The Labute approximate surface area is 196 Å². The fraction of sp³-hybridized carbons (Fsp3) is 0.370. The van der Waals surface area contributed by atoms with Crippen LogP contribution < -0.4 is 24.4 Å². The van der Waals surface area contributed by atoms with Crippen LogP contribution in [-0.4, -0.2) is 45.4 Å². The van der Waals surface area contributed by atoms with Crippen LogP contribution in [0.2, 0.25) is 0 Å². The number of rotatable bonds is 8. The van der Waals surface area contributed by atoms with Crippen LogP contribution in [-0.2, 0) is 6.54 Å². The van der Waals surface area contributed by atoms with Gasteiger partial charge in [-0.1, -0.05) is 17.7 Å². The summed E-state index contributed by atoms with van der Waals surface area (Å²) in [4.78, 5) is 7.09. The number of aromatic nitrogens is 1. The van der Waals surface area contributed by atoms with Crippen LogP contribution in [0.15, 0.2) is 54.9 Å². The Bertz CT molecular complexity index is 1040. The molecule has 1 fully saturated rings. The standard InChI is InChI=1S/C27H33N3O3/c1-19-5-7-23(8-6-19)30(24-9-11-28-12-10-24)18-20-13-22(17-29-16-20)21-14-25(31-2)27(33-4)26(15-21)32-3/h5-8,13-17,24,28H,9-12,18H2,1-4H3. The van der Waals surface area contributed by atoms with Crippen molar-refractivity contribution in [1.82, 2.24) is 10.3 Å². The first-order valence-electron chi connectivity index (χ1n) is 11.4. The fourth-order valence-electron chi connectivity index (χ4n) is 4.46. The van der Waals surface area contributed by atoms with E-state index in [-0.39, 0.29) is 0 Å². The van der Waals surface area contributed by atoms with E-state index in [1.807, 2.05) is 24.5 Å². The van der Waals surface area contributed by atoms with Gasteiger partial charge in [-0.3, -0.25) is 4.98 Å². The number of anilines is 1. The van der Waals surface area contributed by atoms with E-state index < -0.39 is 0 Å². The van der Waals surface area contributed by atoms with Gasteiger partial charge in [0, 0.05) is 36.2 Å². The van der Waals surface area contributed by atoms with E-state index in [0.717, 1.165) is 43.6 Å². The Hall–Kier alpha value is -3.25. The molecule has 6 heteroatoms. The lowest BCUT2D eigenvalue weighted by Gasteiger charge is -2.36. The Morgan fingerprint density at radius 2 is 1.55 bits per heavy atom. The average molecular weight is 448 g/mol. The monoisotopic (exact) mass is 447 g/mol. The fourth-order valence-corrected chi connectivity index (χ4v) is 4.46. The molecule has 6 nitrogen and oxygen atoms in total. The highest BCUT2D eigenvalue weighted by molar-refractivity contribution is 5.71. The van der Waals surface area contributed by atoms with Crippen LogP contribution in [0, 0.1) is 6.92 Å². The van der Waals surface area contributed by atoms with Gasteiger partial charge in [0.25, 0.3) is 0 Å². The molecule has 0 bridgehead atoms. The summed E-state index contributed by atoms with van der Waals surface area (Å²) in [7, 11) is 4.88. The van der Waals surface area contributed by atoms with Crippen LogP contribution in [0.3, 0.4) is 0 Å². The van der Waals surface area contributed by atoms with Gasteiger partial charge in [0.05, 0.1) is 21.3 Å². The van der Waals surface area contributed by atoms with Crippen LogP contribution in [0.5, 0.6) is 17.2 Å². The summed E-state index contributed by atoms with van der Waals surface area (Å²) in [5.74, 6) is 1.85. The van der Waals surface area contributed by atoms with Gasteiger partial charge >= 0.3 is 0 Å². The Balaban J connectivity index is 1.66. The molecule has 1 aromatic heterocycles. The molecule has 1 N–H and O–H groups in total. The normalized spacial score (nSPS) is 14.1. The summed E-state index contributed by atoms with van der Waals surface area (Å²) in [5.41, 5.74) is 5.68. The number of nitrogens with zero attached hydrogens (tertiary/aromatic N) is 2. The Morgan fingerprint density at radius 1 is 0.879 bits per heavy atom. The second-order valence-corrected chi connectivity index (χ2v) is 8.44. The zero-order valence-electron chi connectivity index (χ0n) is 19.9. The molecule has 1 saturated heterocycles. The minimum Gasteiger partial charge on any atom is -0.493 e. The van der Waals surface area contributed by atoms with E-state index in [4.69, 9.17) is 14.2 Å². The summed E-state index contributed by atoms with van der Waals surface area (Å²) in [6.07, 6.45) is 6.11. The van der Waals surface area contributed by atoms with E-state index in [0.29, 0.717) is 23.3 Å². The van der Waals surface area contributed by atoms with Crippen molar-refractivity contribution >= 4 is 5.69 Å². The first kappa shape index (κ1) is 22.9. The maximum absolute atomic E-state index is 5.54. The SMILES string of the molecule is COc1cc(-c2cncc(CN(c3ccc(C)cc3)C3CCNCC3)c2)cc(OC)c1OC. The molecular weight excluding hydrogens is 414 g/mol. The van der Waals surface area contributed by atoms with E-state index in [1.54, 1.807) is 21.3 Å². The molecule has 2 aromatic carbocycles. The van der Waals surface area contributed by atoms with Crippen molar-refractivity contribution in [3.8, 4) is 28.4 Å². The molecule has 0 unspecified atom stereocenters. The van der Waals surface area contributed by atoms with Crippen molar-refractivity contribution in [2.45, 2.75) is 32.4 Å². The molecule has 0 spiro atoms. The number of pyridine rings is 1. The number of benzene rings is 2. The molecule has 1 aliphatic heterocycles. The number of hydrogen-bond donors (Lipinski definition) is 1. The van der Waals surface area contributed by atoms with E-state index >= 15 is 0 Å². The van der Waals surface area contributed by atoms with Gasteiger partial charge in [-0.2, -0.15) is 0 Å². The maximum Gasteiger partial charge on any atom is 0.203 e. The molecule has 174 valence electrons. The van der Waals surface area contributed by atoms with Gasteiger partial charge in [-0.25, -0.2) is 0 Å². The lowest BCUT2D eigenvalue weighted by atomic mass is 10.0. The minimum absolute atomic E-state index is 0.499. The molecule has 3 aromatic rings. The maximum atomic E-state index is 5.54. The summed E-state index contributed by atoms with van der Waals surface area (Å²) in [5, 5.41) is 3.48. The molecule has 4 rings (SSSR count). The number of ether oxygens (including phenoxy) is 3. The van der Waals surface area contributed by atoms with Gasteiger partial charge in [0.2, 0.25) is 5.75 Å². The van der Waals surface area contributed by atoms with Crippen LogP contribution in [0.1, 0.15) is 24.0 Å². The van der Waals surface area contributed by atoms with Crippen molar-refractivity contribution < 1.29 is 14.2 Å². The third kappa shape index (κ3) is 5.22. The van der Waals surface area contributed by atoms with E-state index in [2.05, 4.69) is 52.5 Å². The highest BCUT2D eigenvalue weighted by Gasteiger charge is 2.22. The van der Waals surface area contributed by atoms with Crippen LogP contribution in [0.4, 0.5) is 5.69 Å². The predicted molar refractivity (Wildman–Crippen MR) is 133 cm³/mol. The lowest BCUT2D eigenvalue weighted by molar-refractivity contribution is 0.324. The molecule has 0 atom stereocenters. The lowest BCUT2D eigenvalue weighted by Crippen LogP contribution is -2.43. The Kier molecular flexibility index (Phi) is 7.35. The quantitative estimate of drug-likeness (QED) is 0.533. The van der Waals surface area contributed by atoms with Gasteiger partial charge in [0.1, 0.15) is 0 Å². The summed E-state index contributed by atoms with van der Waals surface area (Å²) in [6.45, 7) is 5.04. The van der Waals surface area contributed by atoms with E-state index in [9.17, 15) is 0 Å². The second kappa shape index (κ2) is 10.6. The number of piperidine rings is 1. The van der Waals surface area contributed by atoms with E-state index in [1.165, 1.54) is 16.8 Å². The largest absolute Gasteiger partial charge is 0.493 e. The molecule has 0 amide bonds. The number of hydrogen-bond acceptors (Lipinski definition) is 6.